The third-order valence-corrected chi connectivity index (χ3v) is 4.46. The Bertz CT molecular complexity index is 652. The summed E-state index contributed by atoms with van der Waals surface area (Å²) in [6, 6.07) is 3.90. The summed E-state index contributed by atoms with van der Waals surface area (Å²) in [5, 5.41) is 3.47. The SMILES string of the molecule is Cc1cccnc1C(=O)Nc1nc2c(s1)C[C@@H](N)CC2. The van der Waals surface area contributed by atoms with Crippen LogP contribution in [0.1, 0.15) is 33.0 Å². The number of pyridine rings is 1. The van der Waals surface area contributed by atoms with Crippen LogP contribution in [0.15, 0.2) is 18.3 Å². The van der Waals surface area contributed by atoms with E-state index >= 15 is 0 Å². The molecule has 0 saturated carbocycles. The van der Waals surface area contributed by atoms with Crippen molar-refractivity contribution >= 4 is 22.4 Å². The second-order valence-corrected chi connectivity index (χ2v) is 6.10. The van der Waals surface area contributed by atoms with Crippen LogP contribution in [0.25, 0.3) is 0 Å². The fourth-order valence-corrected chi connectivity index (χ4v) is 3.43. The molecule has 0 fully saturated rings. The van der Waals surface area contributed by atoms with Gasteiger partial charge >= 0.3 is 0 Å². The van der Waals surface area contributed by atoms with Crippen molar-refractivity contribution in [2.75, 3.05) is 5.32 Å². The fourth-order valence-electron chi connectivity index (χ4n) is 2.33. The zero-order chi connectivity index (χ0) is 14.1. The Hall–Kier alpha value is -1.79. The third kappa shape index (κ3) is 2.57. The summed E-state index contributed by atoms with van der Waals surface area (Å²) in [6.45, 7) is 1.87. The van der Waals surface area contributed by atoms with E-state index in [2.05, 4.69) is 15.3 Å². The van der Waals surface area contributed by atoms with E-state index in [9.17, 15) is 4.79 Å². The number of carbonyl (C=O) groups is 1. The van der Waals surface area contributed by atoms with Crippen LogP contribution in [-0.4, -0.2) is 21.9 Å². The number of fused-ring (bicyclic) bond motifs is 1. The van der Waals surface area contributed by atoms with Gasteiger partial charge in [-0.05, 0) is 37.8 Å². The van der Waals surface area contributed by atoms with Crippen LogP contribution in [-0.2, 0) is 12.8 Å². The molecule has 3 rings (SSSR count). The zero-order valence-corrected chi connectivity index (χ0v) is 12.0. The smallest absolute Gasteiger partial charge is 0.276 e. The van der Waals surface area contributed by atoms with Crippen LogP contribution in [0.3, 0.4) is 0 Å². The van der Waals surface area contributed by atoms with E-state index in [0.29, 0.717) is 10.8 Å². The predicted octanol–water partition coefficient (Wildman–Crippen LogP) is 1.91. The molecule has 0 aromatic carbocycles. The van der Waals surface area contributed by atoms with Gasteiger partial charge in [-0.25, -0.2) is 4.98 Å². The molecule has 5 nitrogen and oxygen atoms in total. The minimum absolute atomic E-state index is 0.210. The van der Waals surface area contributed by atoms with E-state index in [1.165, 1.54) is 16.2 Å². The molecule has 0 saturated heterocycles. The summed E-state index contributed by atoms with van der Waals surface area (Å²) >= 11 is 1.52. The minimum Gasteiger partial charge on any atom is -0.327 e. The number of nitrogens with one attached hydrogen (secondary N) is 1. The number of hydrogen-bond donors (Lipinski definition) is 2. The molecule has 104 valence electrons. The van der Waals surface area contributed by atoms with Gasteiger partial charge in [0, 0.05) is 17.1 Å². The highest BCUT2D eigenvalue weighted by Gasteiger charge is 2.21. The van der Waals surface area contributed by atoms with E-state index in [0.717, 1.165) is 30.5 Å². The highest BCUT2D eigenvalue weighted by Crippen LogP contribution is 2.29. The van der Waals surface area contributed by atoms with Gasteiger partial charge < -0.3 is 5.73 Å². The molecule has 20 heavy (non-hydrogen) atoms. The molecule has 0 radical (unpaired) electrons. The summed E-state index contributed by atoms with van der Waals surface area (Å²) in [5.41, 5.74) is 8.32. The van der Waals surface area contributed by atoms with Crippen molar-refractivity contribution in [1.82, 2.24) is 9.97 Å². The first-order valence-corrected chi connectivity index (χ1v) is 7.42. The highest BCUT2D eigenvalue weighted by molar-refractivity contribution is 7.15. The van der Waals surface area contributed by atoms with E-state index in [-0.39, 0.29) is 11.9 Å². The van der Waals surface area contributed by atoms with Gasteiger partial charge in [0.05, 0.1) is 5.69 Å². The Morgan fingerprint density at radius 3 is 3.20 bits per heavy atom. The van der Waals surface area contributed by atoms with Gasteiger partial charge in [0.2, 0.25) is 0 Å². The monoisotopic (exact) mass is 288 g/mol. The average Bonchev–Trinajstić information content (AvgIpc) is 2.80. The molecule has 1 aliphatic rings. The van der Waals surface area contributed by atoms with E-state index in [4.69, 9.17) is 5.73 Å². The van der Waals surface area contributed by atoms with Crippen molar-refractivity contribution in [1.29, 1.82) is 0 Å². The maximum atomic E-state index is 12.2. The van der Waals surface area contributed by atoms with Crippen LogP contribution in [0.2, 0.25) is 0 Å². The van der Waals surface area contributed by atoms with Gasteiger partial charge in [0.25, 0.3) is 5.91 Å². The topological polar surface area (TPSA) is 80.9 Å². The van der Waals surface area contributed by atoms with E-state index in [1.807, 2.05) is 19.1 Å². The molecule has 0 unspecified atom stereocenters. The molecule has 0 aliphatic heterocycles. The van der Waals surface area contributed by atoms with Crippen molar-refractivity contribution in [3.05, 3.63) is 40.2 Å². The number of aryl methyl sites for hydroxylation is 2. The molecule has 2 heterocycles. The molecule has 2 aromatic heterocycles. The summed E-state index contributed by atoms with van der Waals surface area (Å²) in [7, 11) is 0. The number of hydrogen-bond acceptors (Lipinski definition) is 5. The Kier molecular flexibility index (Phi) is 3.50. The Balaban J connectivity index is 1.79. The normalized spacial score (nSPS) is 17.6. The van der Waals surface area contributed by atoms with Crippen molar-refractivity contribution in [3.8, 4) is 0 Å². The van der Waals surface area contributed by atoms with Crippen molar-refractivity contribution in [2.45, 2.75) is 32.2 Å². The van der Waals surface area contributed by atoms with Gasteiger partial charge in [-0.3, -0.25) is 15.1 Å². The summed E-state index contributed by atoms with van der Waals surface area (Å²) < 4.78 is 0. The lowest BCUT2D eigenvalue weighted by Gasteiger charge is -2.15. The lowest BCUT2D eigenvalue weighted by Crippen LogP contribution is -2.27. The maximum Gasteiger partial charge on any atom is 0.276 e. The van der Waals surface area contributed by atoms with Gasteiger partial charge in [-0.15, -0.1) is 11.3 Å². The van der Waals surface area contributed by atoms with Gasteiger partial charge in [0.15, 0.2) is 5.13 Å². The molecular weight excluding hydrogens is 272 g/mol. The second-order valence-electron chi connectivity index (χ2n) is 5.01. The molecule has 3 N–H and O–H groups in total. The van der Waals surface area contributed by atoms with Gasteiger partial charge in [0.1, 0.15) is 5.69 Å². The van der Waals surface area contributed by atoms with E-state index in [1.54, 1.807) is 6.20 Å². The number of nitrogens with zero attached hydrogens (tertiary/aromatic N) is 2. The number of thiazole rings is 1. The molecule has 0 spiro atoms. The molecule has 6 heteroatoms. The first kappa shape index (κ1) is 13.2. The summed E-state index contributed by atoms with van der Waals surface area (Å²) in [6.07, 6.45) is 4.33. The number of aromatic nitrogens is 2. The number of carbonyl (C=O) groups excluding carboxylic acids is 1. The molecule has 0 bridgehead atoms. The third-order valence-electron chi connectivity index (χ3n) is 3.42. The number of nitrogens with two attached hydrogens (primary N) is 1. The second kappa shape index (κ2) is 5.30. The van der Waals surface area contributed by atoms with Crippen molar-refractivity contribution in [3.63, 3.8) is 0 Å². The highest BCUT2D eigenvalue weighted by atomic mass is 32.1. The van der Waals surface area contributed by atoms with Crippen LogP contribution in [0.5, 0.6) is 0 Å². The van der Waals surface area contributed by atoms with Gasteiger partial charge in [-0.1, -0.05) is 6.07 Å². The van der Waals surface area contributed by atoms with E-state index < -0.39 is 0 Å². The zero-order valence-electron chi connectivity index (χ0n) is 11.2. The van der Waals surface area contributed by atoms with Gasteiger partial charge in [-0.2, -0.15) is 0 Å². The Morgan fingerprint density at radius 2 is 2.40 bits per heavy atom. The number of anilines is 1. The summed E-state index contributed by atoms with van der Waals surface area (Å²) in [5.74, 6) is -0.210. The van der Waals surface area contributed by atoms with Crippen molar-refractivity contribution in [2.24, 2.45) is 5.73 Å². The quantitative estimate of drug-likeness (QED) is 0.884. The van der Waals surface area contributed by atoms with Crippen molar-refractivity contribution < 1.29 is 4.79 Å². The fraction of sp³-hybridized carbons (Fsp3) is 0.357. The molecule has 1 aliphatic carbocycles. The maximum absolute atomic E-state index is 12.2. The average molecular weight is 288 g/mol. The molecular formula is C14H16N4OS. The van der Waals surface area contributed by atoms with Crippen LogP contribution in [0.4, 0.5) is 5.13 Å². The predicted molar refractivity (Wildman–Crippen MR) is 79.0 cm³/mol. The first-order chi connectivity index (χ1) is 9.63. The number of amides is 1. The number of rotatable bonds is 2. The Morgan fingerprint density at radius 1 is 1.55 bits per heavy atom. The first-order valence-electron chi connectivity index (χ1n) is 6.60. The molecule has 2 aromatic rings. The molecule has 1 atom stereocenters. The van der Waals surface area contributed by atoms with Crippen LogP contribution in [0, 0.1) is 6.92 Å². The lowest BCUT2D eigenvalue weighted by atomic mass is 9.99. The molecule has 1 amide bonds. The Labute approximate surface area is 121 Å². The van der Waals surface area contributed by atoms with Crippen LogP contribution < -0.4 is 11.1 Å². The lowest BCUT2D eigenvalue weighted by molar-refractivity contribution is 0.102. The minimum atomic E-state index is -0.210. The summed E-state index contributed by atoms with van der Waals surface area (Å²) in [4.78, 5) is 22.0. The standard InChI is InChI=1S/C14H16N4OS/c1-8-3-2-6-16-12(8)13(19)18-14-17-10-5-4-9(15)7-11(10)20-14/h2-3,6,9H,4-5,7,15H2,1H3,(H,17,18,19)/t9-/m0/s1. The van der Waals surface area contributed by atoms with Crippen LogP contribution >= 0.6 is 11.3 Å². The largest absolute Gasteiger partial charge is 0.327 e.